The third-order valence-electron chi connectivity index (χ3n) is 3.16. The Bertz CT molecular complexity index is 623. The Hall–Kier alpha value is -0.730. The molecule has 0 saturated heterocycles. The molecule has 4 heteroatoms. The Morgan fingerprint density at radius 1 is 0.842 bits per heavy atom. The normalized spacial score (nSPS) is 12.5. The molecule has 100 valence electrons. The van der Waals surface area contributed by atoms with Gasteiger partial charge in [0.2, 0.25) is 0 Å². The molecule has 1 atom stereocenters. The smallest absolute Gasteiger partial charge is 0.107 e. The number of halogens is 3. The van der Waals surface area contributed by atoms with Gasteiger partial charge in [-0.25, -0.2) is 0 Å². The fourth-order valence-corrected chi connectivity index (χ4v) is 2.63. The Morgan fingerprint density at radius 3 is 2.11 bits per heavy atom. The van der Waals surface area contributed by atoms with Crippen LogP contribution in [-0.4, -0.2) is 5.11 Å². The molecule has 0 radical (unpaired) electrons. The van der Waals surface area contributed by atoms with E-state index in [1.54, 1.807) is 18.2 Å². The lowest BCUT2D eigenvalue weighted by Gasteiger charge is -2.16. The van der Waals surface area contributed by atoms with E-state index in [1.807, 2.05) is 26.0 Å². The van der Waals surface area contributed by atoms with Crippen LogP contribution >= 0.6 is 34.8 Å². The van der Waals surface area contributed by atoms with Crippen LogP contribution < -0.4 is 0 Å². The fourth-order valence-electron chi connectivity index (χ4n) is 1.90. The molecule has 0 amide bonds. The van der Waals surface area contributed by atoms with Crippen LogP contribution in [0.5, 0.6) is 0 Å². The number of aliphatic hydroxyl groups is 1. The molecule has 19 heavy (non-hydrogen) atoms. The Morgan fingerprint density at radius 2 is 1.42 bits per heavy atom. The number of aryl methyl sites for hydroxylation is 2. The van der Waals surface area contributed by atoms with E-state index in [0.29, 0.717) is 26.2 Å². The van der Waals surface area contributed by atoms with Crippen LogP contribution in [0.3, 0.4) is 0 Å². The average Bonchev–Trinajstić information content (AvgIpc) is 2.36. The number of aliphatic hydroxyl groups excluding tert-OH is 1. The molecule has 2 aromatic rings. The van der Waals surface area contributed by atoms with Crippen LogP contribution in [0.4, 0.5) is 0 Å². The van der Waals surface area contributed by atoms with Crippen LogP contribution in [0.15, 0.2) is 30.3 Å². The average molecular weight is 316 g/mol. The molecule has 0 heterocycles. The van der Waals surface area contributed by atoms with E-state index in [0.717, 1.165) is 11.1 Å². The highest BCUT2D eigenvalue weighted by atomic mass is 35.5. The first-order chi connectivity index (χ1) is 8.90. The van der Waals surface area contributed by atoms with E-state index in [4.69, 9.17) is 34.8 Å². The summed E-state index contributed by atoms with van der Waals surface area (Å²) < 4.78 is 0. The standard InChI is InChI=1S/C15H13Cl3O/c1-8-5-11(14(18)6-9(8)2)15(19)12-7-10(16)3-4-13(12)17/h3-7,15,19H,1-2H3. The first-order valence-electron chi connectivity index (χ1n) is 5.80. The van der Waals surface area contributed by atoms with Gasteiger partial charge in [-0.2, -0.15) is 0 Å². The molecule has 2 rings (SSSR count). The zero-order valence-electron chi connectivity index (χ0n) is 10.5. The topological polar surface area (TPSA) is 20.2 Å². The van der Waals surface area contributed by atoms with E-state index in [2.05, 4.69) is 0 Å². The van der Waals surface area contributed by atoms with Crippen molar-refractivity contribution in [3.05, 3.63) is 67.7 Å². The van der Waals surface area contributed by atoms with Crippen molar-refractivity contribution in [2.24, 2.45) is 0 Å². The van der Waals surface area contributed by atoms with E-state index in [-0.39, 0.29) is 0 Å². The maximum atomic E-state index is 10.5. The molecule has 2 aromatic carbocycles. The van der Waals surface area contributed by atoms with E-state index >= 15 is 0 Å². The molecule has 0 aromatic heterocycles. The first-order valence-corrected chi connectivity index (χ1v) is 6.93. The zero-order chi connectivity index (χ0) is 14.2. The molecule has 0 spiro atoms. The van der Waals surface area contributed by atoms with Gasteiger partial charge in [0.15, 0.2) is 0 Å². The highest BCUT2D eigenvalue weighted by molar-refractivity contribution is 6.34. The van der Waals surface area contributed by atoms with Crippen LogP contribution in [0.1, 0.15) is 28.4 Å². The third-order valence-corrected chi connectivity index (χ3v) is 4.07. The van der Waals surface area contributed by atoms with Crippen LogP contribution in [-0.2, 0) is 0 Å². The molecule has 1 N–H and O–H groups in total. The summed E-state index contributed by atoms with van der Waals surface area (Å²) in [7, 11) is 0. The highest BCUT2D eigenvalue weighted by Crippen LogP contribution is 2.35. The van der Waals surface area contributed by atoms with Gasteiger partial charge in [-0.15, -0.1) is 0 Å². The van der Waals surface area contributed by atoms with Crippen molar-refractivity contribution in [3.8, 4) is 0 Å². The van der Waals surface area contributed by atoms with Gasteiger partial charge in [-0.05, 0) is 49.2 Å². The molecular weight excluding hydrogens is 303 g/mol. The molecule has 1 nitrogen and oxygen atoms in total. The van der Waals surface area contributed by atoms with Gasteiger partial charge in [0, 0.05) is 26.2 Å². The van der Waals surface area contributed by atoms with Crippen LogP contribution in [0.25, 0.3) is 0 Å². The van der Waals surface area contributed by atoms with Crippen molar-refractivity contribution in [1.29, 1.82) is 0 Å². The molecule has 0 bridgehead atoms. The number of hydrogen-bond acceptors (Lipinski definition) is 1. The Labute approximate surface area is 127 Å². The Balaban J connectivity index is 2.52. The van der Waals surface area contributed by atoms with Gasteiger partial charge in [0.25, 0.3) is 0 Å². The number of benzene rings is 2. The summed E-state index contributed by atoms with van der Waals surface area (Å²) in [6.07, 6.45) is -0.891. The minimum atomic E-state index is -0.891. The second kappa shape index (κ2) is 5.72. The molecule has 0 aliphatic rings. The summed E-state index contributed by atoms with van der Waals surface area (Å²) >= 11 is 18.2. The molecule has 0 fully saturated rings. The summed E-state index contributed by atoms with van der Waals surface area (Å²) in [6, 6.07) is 8.72. The SMILES string of the molecule is Cc1cc(Cl)c(C(O)c2cc(Cl)ccc2Cl)cc1C. The second-order valence-corrected chi connectivity index (χ2v) is 5.78. The van der Waals surface area contributed by atoms with Gasteiger partial charge < -0.3 is 5.11 Å². The Kier molecular flexibility index (Phi) is 4.42. The van der Waals surface area contributed by atoms with E-state index < -0.39 is 6.10 Å². The monoisotopic (exact) mass is 314 g/mol. The summed E-state index contributed by atoms with van der Waals surface area (Å²) in [5.74, 6) is 0. The van der Waals surface area contributed by atoms with Crippen LogP contribution in [0.2, 0.25) is 15.1 Å². The molecule has 1 unspecified atom stereocenters. The lowest BCUT2D eigenvalue weighted by molar-refractivity contribution is 0.220. The van der Waals surface area contributed by atoms with E-state index in [9.17, 15) is 5.11 Å². The van der Waals surface area contributed by atoms with Gasteiger partial charge in [0.05, 0.1) is 0 Å². The maximum absolute atomic E-state index is 10.5. The molecule has 0 saturated carbocycles. The third kappa shape index (κ3) is 3.06. The highest BCUT2D eigenvalue weighted by Gasteiger charge is 2.18. The molecular formula is C15H13Cl3O. The second-order valence-electron chi connectivity index (χ2n) is 4.53. The predicted molar refractivity (Wildman–Crippen MR) is 81.4 cm³/mol. The van der Waals surface area contributed by atoms with Gasteiger partial charge in [0.1, 0.15) is 6.10 Å². The first kappa shape index (κ1) is 14.7. The number of hydrogen-bond donors (Lipinski definition) is 1. The van der Waals surface area contributed by atoms with Crippen LogP contribution in [0, 0.1) is 13.8 Å². The van der Waals surface area contributed by atoms with Crippen molar-refractivity contribution >= 4 is 34.8 Å². The molecule has 0 aliphatic heterocycles. The quantitative estimate of drug-likeness (QED) is 0.792. The van der Waals surface area contributed by atoms with Crippen molar-refractivity contribution in [3.63, 3.8) is 0 Å². The summed E-state index contributed by atoms with van der Waals surface area (Å²) in [5.41, 5.74) is 3.34. The van der Waals surface area contributed by atoms with Gasteiger partial charge in [-0.3, -0.25) is 0 Å². The van der Waals surface area contributed by atoms with Crippen molar-refractivity contribution < 1.29 is 5.11 Å². The van der Waals surface area contributed by atoms with Crippen molar-refractivity contribution in [1.82, 2.24) is 0 Å². The van der Waals surface area contributed by atoms with Crippen molar-refractivity contribution in [2.75, 3.05) is 0 Å². The van der Waals surface area contributed by atoms with Gasteiger partial charge >= 0.3 is 0 Å². The summed E-state index contributed by atoms with van der Waals surface area (Å²) in [4.78, 5) is 0. The minimum Gasteiger partial charge on any atom is -0.384 e. The lowest BCUT2D eigenvalue weighted by Crippen LogP contribution is -2.02. The van der Waals surface area contributed by atoms with E-state index in [1.165, 1.54) is 0 Å². The minimum absolute atomic E-state index is 0.464. The largest absolute Gasteiger partial charge is 0.384 e. The maximum Gasteiger partial charge on any atom is 0.107 e. The predicted octanol–water partition coefficient (Wildman–Crippen LogP) is 5.35. The van der Waals surface area contributed by atoms with Crippen molar-refractivity contribution in [2.45, 2.75) is 20.0 Å². The number of rotatable bonds is 2. The lowest BCUT2D eigenvalue weighted by atomic mass is 9.98. The van der Waals surface area contributed by atoms with Gasteiger partial charge in [-0.1, -0.05) is 40.9 Å². The fraction of sp³-hybridized carbons (Fsp3) is 0.200. The summed E-state index contributed by atoms with van der Waals surface area (Å²) in [6.45, 7) is 3.95. The zero-order valence-corrected chi connectivity index (χ0v) is 12.8. The summed E-state index contributed by atoms with van der Waals surface area (Å²) in [5, 5.41) is 12.0. The molecule has 0 aliphatic carbocycles.